The third-order valence-electron chi connectivity index (χ3n) is 0. The molecule has 0 bridgehead atoms. The Labute approximate surface area is 34.7 Å². The highest BCUT2D eigenvalue weighted by Gasteiger charge is 0.0854. The second-order valence-corrected chi connectivity index (χ2v) is 0. The van der Waals surface area contributed by atoms with Gasteiger partial charge in [0.05, 0.1) is 17.4 Å². The molecule has 2 radical (unpaired) electrons. The van der Waals surface area contributed by atoms with Gasteiger partial charge in [0.2, 0.25) is 0 Å². The standard InChI is InChI=1S/Al.3H2O.H/h;3*1H2;. The van der Waals surface area contributed by atoms with E-state index in [-0.39, 0.29) is 33.8 Å². The molecule has 0 spiro atoms. The van der Waals surface area contributed by atoms with E-state index < -0.39 is 0 Å². The summed E-state index contributed by atoms with van der Waals surface area (Å²) < 4.78 is 0. The number of hydrogen-bond acceptors (Lipinski definition) is 0. The van der Waals surface area contributed by atoms with Crippen LogP contribution in [0.4, 0.5) is 0 Å². The van der Waals surface area contributed by atoms with Gasteiger partial charge in [-0.3, -0.25) is 0 Å². The van der Waals surface area contributed by atoms with Gasteiger partial charge >= 0.3 is 0 Å². The van der Waals surface area contributed by atoms with E-state index in [1.807, 2.05) is 0 Å². The van der Waals surface area contributed by atoms with Crippen molar-refractivity contribution in [3.8, 4) is 0 Å². The highest BCUT2D eigenvalue weighted by atomic mass is 27.0. The molecule has 28 valence electrons. The predicted molar refractivity (Wildman–Crippen MR) is 18.0 cm³/mol. The molecule has 0 saturated heterocycles. The Morgan fingerprint density at radius 3 is 0.500 bits per heavy atom. The van der Waals surface area contributed by atoms with Crippen molar-refractivity contribution in [3.05, 3.63) is 0 Å². The first-order chi connectivity index (χ1) is 0. The average Bonchev–Trinajstić information content (AvgIpc) is 0. The monoisotopic (exact) mass is 82.0 g/mol. The molecule has 0 atom stereocenters. The molecule has 0 aromatic carbocycles. The van der Waals surface area contributed by atoms with Gasteiger partial charge in [0, 0.05) is 0 Å². The molecule has 0 saturated carbocycles. The third-order valence-corrected chi connectivity index (χ3v) is 0. The van der Waals surface area contributed by atoms with Gasteiger partial charge in [0.1, 0.15) is 0 Å². The van der Waals surface area contributed by atoms with E-state index in [1.54, 1.807) is 0 Å². The van der Waals surface area contributed by atoms with E-state index in [1.165, 1.54) is 0 Å². The first-order valence-corrected chi connectivity index (χ1v) is 0. The number of hydrogen-bond donors (Lipinski definition) is 0. The number of rotatable bonds is 0. The summed E-state index contributed by atoms with van der Waals surface area (Å²) in [5.74, 6) is 0. The molecular weight excluding hydrogens is 75.0 g/mol. The maximum absolute atomic E-state index is 0. The van der Waals surface area contributed by atoms with Crippen LogP contribution in [0.3, 0.4) is 0 Å². The van der Waals surface area contributed by atoms with Crippen LogP contribution >= 0.6 is 0 Å². The summed E-state index contributed by atoms with van der Waals surface area (Å²) in [5.41, 5.74) is 0. The van der Waals surface area contributed by atoms with Crippen molar-refractivity contribution in [2.24, 2.45) is 0 Å². The molecule has 0 aliphatic carbocycles. The molecule has 6 N–H and O–H groups in total. The molecule has 0 unspecified atom stereocenters. The highest BCUT2D eigenvalue weighted by molar-refractivity contribution is 5.75. The maximum Gasteiger partial charge on any atom is 0.0854 e. The van der Waals surface area contributed by atoms with E-state index in [2.05, 4.69) is 0 Å². The fourth-order valence-corrected chi connectivity index (χ4v) is 0. The molecule has 0 aliphatic rings. The highest BCUT2D eigenvalue weighted by Crippen LogP contribution is -0.287. The summed E-state index contributed by atoms with van der Waals surface area (Å²) in [5, 5.41) is 0. The maximum atomic E-state index is 0. The lowest BCUT2D eigenvalue weighted by molar-refractivity contribution is 0.823. The summed E-state index contributed by atoms with van der Waals surface area (Å²) in [4.78, 5) is 0. The van der Waals surface area contributed by atoms with E-state index in [4.69, 9.17) is 0 Å². The molecule has 3 nitrogen and oxygen atoms in total. The van der Waals surface area contributed by atoms with E-state index >= 15 is 0 Å². The third kappa shape index (κ3) is 28.3. The lowest BCUT2D eigenvalue weighted by atomic mass is 16.0. The van der Waals surface area contributed by atoms with E-state index in [0.29, 0.717) is 0 Å². The summed E-state index contributed by atoms with van der Waals surface area (Å²) in [7, 11) is 0. The predicted octanol–water partition coefficient (Wildman–Crippen LogP) is -3.12. The summed E-state index contributed by atoms with van der Waals surface area (Å²) in [6.45, 7) is 0. The van der Waals surface area contributed by atoms with Crippen LogP contribution in [0.5, 0.6) is 0 Å². The largest absolute Gasteiger partial charge is 0.412 e. The van der Waals surface area contributed by atoms with Crippen LogP contribution in [-0.2, 0) is 0 Å². The topological polar surface area (TPSA) is 94.5 Å². The molecule has 0 fully saturated rings. The summed E-state index contributed by atoms with van der Waals surface area (Å²) in [6.07, 6.45) is 0. The Bertz CT molecular complexity index is 3.25. The molecule has 0 rings (SSSR count). The van der Waals surface area contributed by atoms with E-state index in [0.717, 1.165) is 0 Å². The van der Waals surface area contributed by atoms with Crippen molar-refractivity contribution in [2.45, 2.75) is 0 Å². The van der Waals surface area contributed by atoms with Gasteiger partial charge in [0.15, 0.2) is 0 Å². The Balaban J connectivity index is 0. The zero-order chi connectivity index (χ0) is 0. The molecule has 0 aromatic rings. The fourth-order valence-electron chi connectivity index (χ4n) is 0. The second kappa shape index (κ2) is 117. The zero-order valence-electron chi connectivity index (χ0n) is 2.21. The molecule has 0 aliphatic heterocycles. The first kappa shape index (κ1) is 302. The van der Waals surface area contributed by atoms with Gasteiger partial charge in [0.25, 0.3) is 0 Å². The van der Waals surface area contributed by atoms with E-state index in [9.17, 15) is 0 Å². The Morgan fingerprint density at radius 2 is 0.500 bits per heavy atom. The minimum Gasteiger partial charge on any atom is -0.412 e. The van der Waals surface area contributed by atoms with Gasteiger partial charge in [-0.2, -0.15) is 0 Å². The van der Waals surface area contributed by atoms with Gasteiger partial charge < -0.3 is 16.4 Å². The molecular formula is H7AlO3. The SMILES string of the molecule is O.O.O.[AlH]. The lowest BCUT2D eigenvalue weighted by Gasteiger charge is -0.413. The minimum absolute atomic E-state index is 0. The van der Waals surface area contributed by atoms with Crippen molar-refractivity contribution in [1.29, 1.82) is 0 Å². The van der Waals surface area contributed by atoms with Crippen LogP contribution in [0.15, 0.2) is 0 Å². The first-order valence-electron chi connectivity index (χ1n) is 0. The smallest absolute Gasteiger partial charge is 0.0854 e. The van der Waals surface area contributed by atoms with Gasteiger partial charge in [-0.25, -0.2) is 0 Å². The fraction of sp³-hybridized carbons (Fsp3) is 0. The van der Waals surface area contributed by atoms with Crippen molar-refractivity contribution < 1.29 is 16.4 Å². The summed E-state index contributed by atoms with van der Waals surface area (Å²) >= 11 is 0. The summed E-state index contributed by atoms with van der Waals surface area (Å²) in [6, 6.07) is 0. The minimum atomic E-state index is 0. The molecule has 0 amide bonds. The molecule has 4 heteroatoms. The Morgan fingerprint density at radius 1 is 0.500 bits per heavy atom. The molecule has 4 heavy (non-hydrogen) atoms. The van der Waals surface area contributed by atoms with Crippen molar-refractivity contribution >= 4 is 17.4 Å². The van der Waals surface area contributed by atoms with Gasteiger partial charge in [-0.15, -0.1) is 0 Å². The molecule has 0 aromatic heterocycles. The molecule has 0 heterocycles. The van der Waals surface area contributed by atoms with Crippen LogP contribution in [0, 0.1) is 0 Å². The zero-order valence-corrected chi connectivity index (χ0v) is 3.62. The average molecular weight is 82.0 g/mol. The van der Waals surface area contributed by atoms with Crippen LogP contribution in [-0.4, -0.2) is 33.8 Å². The second-order valence-electron chi connectivity index (χ2n) is 0. The van der Waals surface area contributed by atoms with Crippen molar-refractivity contribution in [3.63, 3.8) is 0 Å². The quantitative estimate of drug-likeness (QED) is 0.276. The normalized spacial score (nSPS) is 0. The van der Waals surface area contributed by atoms with Crippen LogP contribution in [0.25, 0.3) is 0 Å². The van der Waals surface area contributed by atoms with Crippen molar-refractivity contribution in [2.75, 3.05) is 0 Å². The van der Waals surface area contributed by atoms with Crippen LogP contribution in [0.2, 0.25) is 0 Å². The Hall–Kier alpha value is 0.412. The Kier molecular flexibility index (Phi) is 8810. The lowest BCUT2D eigenvalue weighted by Crippen LogP contribution is -0.381. The van der Waals surface area contributed by atoms with Gasteiger partial charge in [-0.1, -0.05) is 0 Å². The van der Waals surface area contributed by atoms with Crippen molar-refractivity contribution in [1.82, 2.24) is 0 Å². The van der Waals surface area contributed by atoms with Gasteiger partial charge in [-0.05, 0) is 0 Å². The van der Waals surface area contributed by atoms with Crippen LogP contribution < -0.4 is 0 Å². The van der Waals surface area contributed by atoms with Crippen LogP contribution in [0.1, 0.15) is 0 Å².